The average molecular weight is 400 g/mol. The number of hydrogen-bond acceptors (Lipinski definition) is 3. The molecule has 29 heavy (non-hydrogen) atoms. The van der Waals surface area contributed by atoms with E-state index in [1.54, 1.807) is 6.07 Å². The van der Waals surface area contributed by atoms with Crippen LogP contribution in [0.5, 0.6) is 0 Å². The number of hydrogen-bond donors (Lipinski definition) is 2. The van der Waals surface area contributed by atoms with Crippen molar-refractivity contribution in [1.82, 2.24) is 10.2 Å². The highest BCUT2D eigenvalue weighted by Gasteiger charge is 2.31. The van der Waals surface area contributed by atoms with Gasteiger partial charge in [-0.25, -0.2) is 18.0 Å². The largest absolute Gasteiger partial charge is 0.348 e. The second kappa shape index (κ2) is 7.13. The van der Waals surface area contributed by atoms with Crippen LogP contribution in [0.2, 0.25) is 0 Å². The Morgan fingerprint density at radius 1 is 1.28 bits per heavy atom. The van der Waals surface area contributed by atoms with Crippen molar-refractivity contribution in [2.24, 2.45) is 0 Å². The SMILES string of the molecule is N#Cc1cc(F)c2c(c1)CC[C@H]2NC(=O)CN1Cc2c(ccc(F)c2F)NC1=O. The summed E-state index contributed by atoms with van der Waals surface area (Å²) in [5, 5.41) is 14.0. The van der Waals surface area contributed by atoms with Gasteiger partial charge >= 0.3 is 6.03 Å². The minimum Gasteiger partial charge on any atom is -0.348 e. The van der Waals surface area contributed by atoms with Crippen molar-refractivity contribution in [3.63, 3.8) is 0 Å². The molecular weight excluding hydrogens is 385 g/mol. The van der Waals surface area contributed by atoms with E-state index in [0.29, 0.717) is 24.0 Å². The highest BCUT2D eigenvalue weighted by molar-refractivity contribution is 5.95. The molecule has 6 nitrogen and oxygen atoms in total. The molecule has 0 spiro atoms. The van der Waals surface area contributed by atoms with Gasteiger partial charge in [0.25, 0.3) is 0 Å². The lowest BCUT2D eigenvalue weighted by molar-refractivity contribution is -0.122. The number of amides is 3. The van der Waals surface area contributed by atoms with Crippen molar-refractivity contribution in [3.8, 4) is 6.07 Å². The lowest BCUT2D eigenvalue weighted by Gasteiger charge is -2.29. The minimum atomic E-state index is -1.08. The molecule has 0 bridgehead atoms. The molecule has 0 unspecified atom stereocenters. The molecule has 2 aliphatic rings. The Kier molecular flexibility index (Phi) is 4.62. The molecule has 0 saturated heterocycles. The third-order valence-corrected chi connectivity index (χ3v) is 5.14. The molecule has 9 heteroatoms. The van der Waals surface area contributed by atoms with Crippen LogP contribution in [-0.2, 0) is 17.8 Å². The van der Waals surface area contributed by atoms with Gasteiger partial charge in [-0.05, 0) is 42.7 Å². The second-order valence-electron chi connectivity index (χ2n) is 6.98. The zero-order valence-electron chi connectivity index (χ0n) is 15.1. The minimum absolute atomic E-state index is 0.0429. The third-order valence-electron chi connectivity index (χ3n) is 5.14. The van der Waals surface area contributed by atoms with E-state index in [9.17, 15) is 22.8 Å². The van der Waals surface area contributed by atoms with Gasteiger partial charge in [0, 0.05) is 11.1 Å². The topological polar surface area (TPSA) is 85.2 Å². The summed E-state index contributed by atoms with van der Waals surface area (Å²) in [6.07, 6.45) is 0.969. The van der Waals surface area contributed by atoms with E-state index in [1.807, 2.05) is 6.07 Å². The number of aryl methyl sites for hydroxylation is 1. The number of rotatable bonds is 3. The van der Waals surface area contributed by atoms with Crippen molar-refractivity contribution < 1.29 is 22.8 Å². The van der Waals surface area contributed by atoms with Crippen LogP contribution in [0.4, 0.5) is 23.7 Å². The average Bonchev–Trinajstić information content (AvgIpc) is 3.09. The summed E-state index contributed by atoms with van der Waals surface area (Å²) in [6, 6.07) is 5.59. The zero-order valence-corrected chi connectivity index (χ0v) is 15.1. The Hall–Kier alpha value is -3.54. The zero-order chi connectivity index (χ0) is 20.7. The van der Waals surface area contributed by atoms with Gasteiger partial charge in [0.2, 0.25) is 5.91 Å². The lowest BCUT2D eigenvalue weighted by atomic mass is 10.0. The monoisotopic (exact) mass is 400 g/mol. The van der Waals surface area contributed by atoms with Gasteiger partial charge in [-0.3, -0.25) is 4.79 Å². The van der Waals surface area contributed by atoms with Gasteiger partial charge in [-0.2, -0.15) is 5.26 Å². The molecule has 2 N–H and O–H groups in total. The molecule has 1 atom stereocenters. The summed E-state index contributed by atoms with van der Waals surface area (Å²) in [4.78, 5) is 25.7. The number of fused-ring (bicyclic) bond motifs is 2. The van der Waals surface area contributed by atoms with Crippen LogP contribution >= 0.6 is 0 Å². The first-order chi connectivity index (χ1) is 13.9. The van der Waals surface area contributed by atoms with Gasteiger partial charge in [-0.1, -0.05) is 0 Å². The maximum Gasteiger partial charge on any atom is 0.322 e. The number of halogens is 3. The van der Waals surface area contributed by atoms with Crippen LogP contribution in [0.3, 0.4) is 0 Å². The Bertz CT molecular complexity index is 1080. The molecule has 1 aliphatic heterocycles. The highest BCUT2D eigenvalue weighted by atomic mass is 19.2. The fraction of sp³-hybridized carbons (Fsp3) is 0.250. The third kappa shape index (κ3) is 3.38. The van der Waals surface area contributed by atoms with E-state index in [2.05, 4.69) is 10.6 Å². The molecule has 3 amide bonds. The fourth-order valence-corrected chi connectivity index (χ4v) is 3.79. The van der Waals surface area contributed by atoms with E-state index in [-0.39, 0.29) is 23.4 Å². The van der Waals surface area contributed by atoms with Gasteiger partial charge in [0.1, 0.15) is 12.4 Å². The number of urea groups is 1. The number of carbonyl (C=O) groups excluding carboxylic acids is 2. The summed E-state index contributed by atoms with van der Waals surface area (Å²) in [6.45, 7) is -0.662. The first-order valence-electron chi connectivity index (χ1n) is 8.92. The molecule has 0 aromatic heterocycles. The van der Waals surface area contributed by atoms with E-state index in [4.69, 9.17) is 5.26 Å². The van der Waals surface area contributed by atoms with Crippen molar-refractivity contribution in [2.45, 2.75) is 25.4 Å². The Morgan fingerprint density at radius 3 is 2.83 bits per heavy atom. The molecule has 0 radical (unpaired) electrons. The number of benzene rings is 2. The first-order valence-corrected chi connectivity index (χ1v) is 8.92. The normalized spacial score (nSPS) is 17.2. The Balaban J connectivity index is 1.47. The van der Waals surface area contributed by atoms with E-state index in [1.165, 1.54) is 6.07 Å². The number of nitriles is 1. The van der Waals surface area contributed by atoms with Crippen molar-refractivity contribution in [1.29, 1.82) is 5.26 Å². The van der Waals surface area contributed by atoms with E-state index < -0.39 is 42.0 Å². The maximum atomic E-state index is 14.4. The predicted molar refractivity (Wildman–Crippen MR) is 96.1 cm³/mol. The molecule has 4 rings (SSSR count). The van der Waals surface area contributed by atoms with Crippen molar-refractivity contribution >= 4 is 17.6 Å². The van der Waals surface area contributed by atoms with Crippen LogP contribution in [0.25, 0.3) is 0 Å². The Morgan fingerprint density at radius 2 is 2.07 bits per heavy atom. The summed E-state index contributed by atoms with van der Waals surface area (Å²) in [5.74, 6) is -3.24. The predicted octanol–water partition coefficient (Wildman–Crippen LogP) is 3.13. The van der Waals surface area contributed by atoms with Crippen LogP contribution in [0.15, 0.2) is 24.3 Å². The van der Waals surface area contributed by atoms with Crippen molar-refractivity contribution in [2.75, 3.05) is 11.9 Å². The number of carbonyl (C=O) groups is 2. The molecule has 148 valence electrons. The number of nitrogens with zero attached hydrogens (tertiary/aromatic N) is 2. The molecule has 0 saturated carbocycles. The van der Waals surface area contributed by atoms with Crippen LogP contribution < -0.4 is 10.6 Å². The van der Waals surface area contributed by atoms with Gasteiger partial charge in [0.15, 0.2) is 11.6 Å². The standard InChI is InChI=1S/C20H15F3N4O2/c21-13-2-4-15-12(19(13)23)8-27(20(29)26-15)9-17(28)25-16-3-1-11-5-10(7-24)6-14(22)18(11)16/h2,4-6,16H,1,3,8-9H2,(H,25,28)(H,26,29)/t16-/m1/s1. The second-order valence-corrected chi connectivity index (χ2v) is 6.98. The van der Waals surface area contributed by atoms with Crippen LogP contribution in [-0.4, -0.2) is 23.4 Å². The van der Waals surface area contributed by atoms with Crippen LogP contribution in [0, 0.1) is 28.8 Å². The first kappa shape index (κ1) is 18.8. The fourth-order valence-electron chi connectivity index (χ4n) is 3.79. The Labute approximate surface area is 163 Å². The van der Waals surface area contributed by atoms with E-state index in [0.717, 1.165) is 17.0 Å². The summed E-state index contributed by atoms with van der Waals surface area (Å²) in [7, 11) is 0. The summed E-state index contributed by atoms with van der Waals surface area (Å²) < 4.78 is 41.8. The lowest BCUT2D eigenvalue weighted by Crippen LogP contribution is -2.45. The summed E-state index contributed by atoms with van der Waals surface area (Å²) in [5.41, 5.74) is 1.32. The number of anilines is 1. The van der Waals surface area contributed by atoms with Gasteiger partial charge in [0.05, 0.1) is 29.9 Å². The van der Waals surface area contributed by atoms with E-state index >= 15 is 0 Å². The quantitative estimate of drug-likeness (QED) is 0.830. The molecule has 2 aromatic carbocycles. The highest BCUT2D eigenvalue weighted by Crippen LogP contribution is 2.34. The molecule has 1 aliphatic carbocycles. The molecule has 2 aromatic rings. The molecule has 1 heterocycles. The summed E-state index contributed by atoms with van der Waals surface area (Å²) >= 11 is 0. The van der Waals surface area contributed by atoms with Gasteiger partial charge in [-0.15, -0.1) is 0 Å². The molecule has 0 fully saturated rings. The maximum absolute atomic E-state index is 14.4. The van der Waals surface area contributed by atoms with Crippen LogP contribution in [0.1, 0.15) is 34.7 Å². The van der Waals surface area contributed by atoms with Crippen molar-refractivity contribution in [3.05, 3.63) is 64.0 Å². The smallest absolute Gasteiger partial charge is 0.322 e. The van der Waals surface area contributed by atoms with Gasteiger partial charge < -0.3 is 15.5 Å². The molecular formula is C20H15F3N4O2. The number of nitrogens with one attached hydrogen (secondary N) is 2.